The van der Waals surface area contributed by atoms with Gasteiger partial charge >= 0.3 is 5.97 Å². The number of hydrogen-bond donors (Lipinski definition) is 2. The van der Waals surface area contributed by atoms with Crippen LogP contribution in [0.2, 0.25) is 0 Å². The minimum atomic E-state index is -1.16. The van der Waals surface area contributed by atoms with E-state index in [1.54, 1.807) is 35.7 Å². The van der Waals surface area contributed by atoms with Gasteiger partial charge in [-0.05, 0) is 29.8 Å². The number of nitrogens with one attached hydrogen (secondary N) is 1. The Morgan fingerprint density at radius 2 is 1.89 bits per heavy atom. The molecule has 0 radical (unpaired) electrons. The Labute approximate surface area is 170 Å². The number of hydrogen-bond acceptors (Lipinski definition) is 4. The molecule has 0 saturated heterocycles. The third-order valence-electron chi connectivity index (χ3n) is 4.12. The molecule has 0 spiro atoms. The monoisotopic (exact) mass is 459 g/mol. The van der Waals surface area contributed by atoms with Gasteiger partial charge in [0.1, 0.15) is 22.0 Å². The summed E-state index contributed by atoms with van der Waals surface area (Å²) in [7, 11) is 0. The molecule has 2 aromatic heterocycles. The Balaban J connectivity index is 1.69. The Morgan fingerprint density at radius 3 is 2.57 bits per heavy atom. The van der Waals surface area contributed by atoms with Gasteiger partial charge in [0, 0.05) is 21.5 Å². The predicted octanol–water partition coefficient (Wildman–Crippen LogP) is 6.01. The van der Waals surface area contributed by atoms with Crippen molar-refractivity contribution >= 4 is 55.1 Å². The smallest absolute Gasteiger partial charge is 0.339 e. The first kappa shape index (κ1) is 18.4. The normalized spacial score (nSPS) is 10.9. The summed E-state index contributed by atoms with van der Waals surface area (Å²) in [6.45, 7) is 0. The summed E-state index contributed by atoms with van der Waals surface area (Å²) in [5.41, 5.74) is 1.44. The lowest BCUT2D eigenvalue weighted by Gasteiger charge is -2.05. The van der Waals surface area contributed by atoms with Gasteiger partial charge in [0.2, 0.25) is 0 Å². The second kappa shape index (κ2) is 7.21. The van der Waals surface area contributed by atoms with Crippen LogP contribution >= 0.6 is 27.3 Å². The molecule has 2 heterocycles. The van der Waals surface area contributed by atoms with Gasteiger partial charge in [-0.25, -0.2) is 9.18 Å². The minimum absolute atomic E-state index is 0.0111. The molecule has 0 aliphatic rings. The van der Waals surface area contributed by atoms with E-state index in [1.807, 2.05) is 0 Å². The molecule has 2 N–H and O–H groups in total. The quantitative estimate of drug-likeness (QED) is 0.391. The molecule has 5 nitrogen and oxygen atoms in total. The highest BCUT2D eigenvalue weighted by molar-refractivity contribution is 9.10. The number of halogens is 2. The van der Waals surface area contributed by atoms with E-state index in [2.05, 4.69) is 21.2 Å². The molecule has 0 saturated carbocycles. The maximum Gasteiger partial charge on any atom is 0.339 e. The first-order valence-electron chi connectivity index (χ1n) is 8.04. The van der Waals surface area contributed by atoms with Crippen molar-refractivity contribution in [2.24, 2.45) is 0 Å². The lowest BCUT2D eigenvalue weighted by atomic mass is 10.0. The zero-order valence-electron chi connectivity index (χ0n) is 14.0. The standard InChI is InChI=1S/C20H11BrFNO4S/c21-11-6-4-10(5-7-11)13-9-28-19(17(13)20(25)26)23-18(24)16-8-12-14(22)2-1-3-15(12)27-16/h1-9H,(H,23,24)(H,25,26). The zero-order chi connectivity index (χ0) is 19.8. The van der Waals surface area contributed by atoms with E-state index >= 15 is 0 Å². The number of amides is 1. The van der Waals surface area contributed by atoms with Crippen LogP contribution in [0.15, 0.2) is 62.8 Å². The van der Waals surface area contributed by atoms with Crippen LogP contribution in [-0.2, 0) is 0 Å². The van der Waals surface area contributed by atoms with Crippen LogP contribution in [0.5, 0.6) is 0 Å². The van der Waals surface area contributed by atoms with E-state index < -0.39 is 17.7 Å². The van der Waals surface area contributed by atoms with E-state index in [9.17, 15) is 19.1 Å². The van der Waals surface area contributed by atoms with Crippen molar-refractivity contribution in [3.05, 3.63) is 75.5 Å². The predicted molar refractivity (Wildman–Crippen MR) is 109 cm³/mol. The van der Waals surface area contributed by atoms with Gasteiger partial charge in [-0.3, -0.25) is 4.79 Å². The summed E-state index contributed by atoms with van der Waals surface area (Å²) in [4.78, 5) is 24.4. The van der Waals surface area contributed by atoms with Crippen molar-refractivity contribution in [2.45, 2.75) is 0 Å². The van der Waals surface area contributed by atoms with Gasteiger partial charge in [0.25, 0.3) is 5.91 Å². The molecule has 0 aliphatic carbocycles. The topological polar surface area (TPSA) is 79.5 Å². The molecule has 0 aliphatic heterocycles. The number of anilines is 1. The number of carbonyl (C=O) groups is 2. The van der Waals surface area contributed by atoms with Gasteiger partial charge in [-0.1, -0.05) is 34.1 Å². The first-order chi connectivity index (χ1) is 13.4. The molecule has 2 aromatic carbocycles. The first-order valence-corrected chi connectivity index (χ1v) is 9.71. The third kappa shape index (κ3) is 3.32. The maximum atomic E-state index is 13.8. The van der Waals surface area contributed by atoms with Crippen molar-refractivity contribution in [1.82, 2.24) is 0 Å². The van der Waals surface area contributed by atoms with Crippen LogP contribution in [-0.4, -0.2) is 17.0 Å². The number of thiophene rings is 1. The maximum absolute atomic E-state index is 13.8. The summed E-state index contributed by atoms with van der Waals surface area (Å²) in [5, 5.41) is 14.3. The minimum Gasteiger partial charge on any atom is -0.478 e. The largest absolute Gasteiger partial charge is 0.478 e. The highest BCUT2D eigenvalue weighted by Crippen LogP contribution is 2.36. The van der Waals surface area contributed by atoms with Crippen LogP contribution < -0.4 is 5.32 Å². The number of benzene rings is 2. The molecule has 4 rings (SSSR count). The van der Waals surface area contributed by atoms with Crippen molar-refractivity contribution in [2.75, 3.05) is 5.32 Å². The number of rotatable bonds is 4. The Kier molecular flexibility index (Phi) is 4.74. The molecule has 8 heteroatoms. The van der Waals surface area contributed by atoms with Crippen LogP contribution in [0.1, 0.15) is 20.9 Å². The van der Waals surface area contributed by atoms with Crippen LogP contribution in [0, 0.1) is 5.82 Å². The molecule has 0 fully saturated rings. The fourth-order valence-corrected chi connectivity index (χ4v) is 4.03. The van der Waals surface area contributed by atoms with E-state index in [0.717, 1.165) is 15.8 Å². The van der Waals surface area contributed by atoms with Crippen molar-refractivity contribution in [3.8, 4) is 11.1 Å². The Hall–Kier alpha value is -2.97. The fraction of sp³-hybridized carbons (Fsp3) is 0. The molecular formula is C20H11BrFNO4S. The molecule has 0 unspecified atom stereocenters. The van der Waals surface area contributed by atoms with Gasteiger partial charge < -0.3 is 14.8 Å². The Morgan fingerprint density at radius 1 is 1.14 bits per heavy atom. The second-order valence-corrected chi connectivity index (χ2v) is 7.68. The van der Waals surface area contributed by atoms with Crippen LogP contribution in [0.4, 0.5) is 9.39 Å². The Bertz CT molecular complexity index is 1210. The summed E-state index contributed by atoms with van der Waals surface area (Å²) >= 11 is 4.44. The number of furan rings is 1. The molecule has 140 valence electrons. The SMILES string of the molecule is O=C(Nc1scc(-c2ccc(Br)cc2)c1C(=O)O)c1cc2c(F)cccc2o1. The number of carbonyl (C=O) groups excluding carboxylic acids is 1. The molecule has 0 atom stereocenters. The van der Waals surface area contributed by atoms with E-state index in [4.69, 9.17) is 4.42 Å². The van der Waals surface area contributed by atoms with Gasteiger partial charge in [-0.2, -0.15) is 0 Å². The van der Waals surface area contributed by atoms with Crippen LogP contribution in [0.3, 0.4) is 0 Å². The number of aromatic carboxylic acids is 1. The average Bonchev–Trinajstić information content (AvgIpc) is 3.27. The molecule has 28 heavy (non-hydrogen) atoms. The molecule has 4 aromatic rings. The average molecular weight is 460 g/mol. The third-order valence-corrected chi connectivity index (χ3v) is 5.54. The van der Waals surface area contributed by atoms with Gasteiger partial charge in [0.05, 0.1) is 5.39 Å². The summed E-state index contributed by atoms with van der Waals surface area (Å²) in [6, 6.07) is 12.8. The number of carboxylic acid groups (broad SMARTS) is 1. The zero-order valence-corrected chi connectivity index (χ0v) is 16.4. The van der Waals surface area contributed by atoms with Gasteiger partial charge in [0.15, 0.2) is 5.76 Å². The summed E-state index contributed by atoms with van der Waals surface area (Å²) in [6.07, 6.45) is 0. The second-order valence-electron chi connectivity index (χ2n) is 5.88. The molecule has 0 bridgehead atoms. The van der Waals surface area contributed by atoms with E-state index in [-0.39, 0.29) is 27.3 Å². The molecular weight excluding hydrogens is 449 g/mol. The lowest BCUT2D eigenvalue weighted by molar-refractivity contribution is 0.0699. The highest BCUT2D eigenvalue weighted by Gasteiger charge is 2.23. The summed E-state index contributed by atoms with van der Waals surface area (Å²) < 4.78 is 20.1. The van der Waals surface area contributed by atoms with Crippen molar-refractivity contribution in [1.29, 1.82) is 0 Å². The summed E-state index contributed by atoms with van der Waals surface area (Å²) in [5.74, 6) is -2.41. The lowest BCUT2D eigenvalue weighted by Crippen LogP contribution is -2.12. The van der Waals surface area contributed by atoms with E-state index in [1.165, 1.54) is 18.2 Å². The van der Waals surface area contributed by atoms with Crippen molar-refractivity contribution < 1.29 is 23.5 Å². The highest BCUT2D eigenvalue weighted by atomic mass is 79.9. The number of fused-ring (bicyclic) bond motifs is 1. The van der Waals surface area contributed by atoms with E-state index in [0.29, 0.717) is 11.1 Å². The van der Waals surface area contributed by atoms with Crippen molar-refractivity contribution in [3.63, 3.8) is 0 Å². The fourth-order valence-electron chi connectivity index (χ4n) is 2.81. The van der Waals surface area contributed by atoms with Crippen LogP contribution in [0.25, 0.3) is 22.1 Å². The molecule has 1 amide bonds. The number of carboxylic acids is 1. The van der Waals surface area contributed by atoms with Gasteiger partial charge in [-0.15, -0.1) is 11.3 Å².